The number of fused-ring (bicyclic) bond motifs is 4. The number of aryl methyl sites for hydroxylation is 4. The van der Waals surface area contributed by atoms with Gasteiger partial charge in [-0.15, -0.1) is 0 Å². The third kappa shape index (κ3) is 14.3. The van der Waals surface area contributed by atoms with Gasteiger partial charge in [0.25, 0.3) is 0 Å². The van der Waals surface area contributed by atoms with E-state index >= 15 is 0 Å². The highest BCUT2D eigenvalue weighted by atomic mass is 127. The van der Waals surface area contributed by atoms with Crippen LogP contribution < -0.4 is 0 Å². The lowest BCUT2D eigenvalue weighted by Gasteiger charge is -2.38. The summed E-state index contributed by atoms with van der Waals surface area (Å²) >= 11 is 12.1. The van der Waals surface area contributed by atoms with Crippen LogP contribution in [0.1, 0.15) is 205 Å². The van der Waals surface area contributed by atoms with Crippen LogP contribution in [0.15, 0.2) is 77.3 Å². The monoisotopic (exact) mass is 1120 g/mol. The smallest absolute Gasteiger partial charge is 0.123 e. The maximum absolute atomic E-state index is 13.3. The fraction of sp³-hybridized carbons (Fsp3) is 0.625. The van der Waals surface area contributed by atoms with E-state index in [1.165, 1.54) is 69.7 Å². The molecule has 0 N–H and O–H groups in total. The Kier molecular flexibility index (Phi) is 21.7. The van der Waals surface area contributed by atoms with Crippen LogP contribution in [0.4, 0.5) is 4.39 Å². The first-order valence-corrected chi connectivity index (χ1v) is 29.4. The minimum absolute atomic E-state index is 0.0887. The first-order chi connectivity index (χ1) is 32.0. The summed E-state index contributed by atoms with van der Waals surface area (Å²) in [5.74, 6) is 11.9. The Morgan fingerprint density at radius 1 is 0.412 bits per heavy atom. The van der Waals surface area contributed by atoms with E-state index in [0.717, 1.165) is 76.5 Å². The summed E-state index contributed by atoms with van der Waals surface area (Å²) in [5, 5.41) is 0.884. The average Bonchev–Trinajstić information content (AvgIpc) is 3.27. The van der Waals surface area contributed by atoms with Crippen LogP contribution in [0.3, 0.4) is 0 Å². The number of hydrogen-bond donors (Lipinski definition) is 0. The van der Waals surface area contributed by atoms with Crippen molar-refractivity contribution in [1.29, 1.82) is 0 Å². The van der Waals surface area contributed by atoms with Crippen molar-refractivity contribution >= 4 is 50.1 Å². The molecule has 0 saturated carbocycles. The molecule has 0 saturated heterocycles. The highest BCUT2D eigenvalue weighted by Gasteiger charge is 2.37. The molecule has 0 aromatic heterocycles. The van der Waals surface area contributed by atoms with Crippen molar-refractivity contribution < 1.29 is 4.39 Å². The number of benzene rings is 4. The first kappa shape index (κ1) is 57.2. The fourth-order valence-corrected chi connectivity index (χ4v) is 15.0. The van der Waals surface area contributed by atoms with Crippen LogP contribution in [0, 0.1) is 80.4 Å². The normalized spacial score (nSPS) is 24.2. The molecule has 4 aromatic rings. The van der Waals surface area contributed by atoms with Crippen molar-refractivity contribution in [3.8, 4) is 0 Å². The molecule has 0 aliphatic heterocycles. The van der Waals surface area contributed by atoms with Gasteiger partial charge in [0.1, 0.15) is 5.82 Å². The van der Waals surface area contributed by atoms with Gasteiger partial charge < -0.3 is 0 Å². The molecule has 0 spiro atoms. The SMILES string of the molecule is CC(C)C1CCc2cc(Br)ccc2C1C(C)C.CC(C)C1CCc2cc(Cl)ccc2C1C(C)C.CC(C)C1CCc2cc(F)ccc2C1C(C)C.CC(C)C1CCc2cc(I)ccc2C1C(C)C. The molecule has 68 heavy (non-hydrogen) atoms. The minimum Gasteiger partial charge on any atom is -0.207 e. The zero-order valence-corrected chi connectivity index (χ0v) is 49.8. The Balaban J connectivity index is 0.000000169. The van der Waals surface area contributed by atoms with Gasteiger partial charge >= 0.3 is 0 Å². The summed E-state index contributed by atoms with van der Waals surface area (Å²) < 4.78 is 15.9. The second-order valence-electron chi connectivity index (χ2n) is 24.2. The fourth-order valence-electron chi connectivity index (χ4n) is 13.8. The summed E-state index contributed by atoms with van der Waals surface area (Å²) in [6.45, 7) is 37.7. The zero-order chi connectivity index (χ0) is 50.3. The summed E-state index contributed by atoms with van der Waals surface area (Å²) in [6, 6.07) is 25.8. The Hall–Kier alpha value is -1.69. The lowest BCUT2D eigenvalue weighted by molar-refractivity contribution is 0.236. The number of halogens is 4. The van der Waals surface area contributed by atoms with Crippen molar-refractivity contribution in [2.24, 2.45) is 71.0 Å². The molecule has 0 heterocycles. The first-order valence-electron chi connectivity index (χ1n) is 27.1. The van der Waals surface area contributed by atoms with Crippen molar-refractivity contribution in [2.75, 3.05) is 0 Å². The summed E-state index contributed by atoms with van der Waals surface area (Å²) in [5.41, 5.74) is 12.1. The van der Waals surface area contributed by atoms with Crippen LogP contribution in [0.2, 0.25) is 5.02 Å². The van der Waals surface area contributed by atoms with Crippen molar-refractivity contribution in [3.05, 3.63) is 136 Å². The molecule has 0 fully saturated rings. The minimum atomic E-state index is -0.0887. The van der Waals surface area contributed by atoms with E-state index in [2.05, 4.69) is 204 Å². The van der Waals surface area contributed by atoms with E-state index in [4.69, 9.17) is 11.6 Å². The molecule has 8 rings (SSSR count). The van der Waals surface area contributed by atoms with E-state index in [1.807, 2.05) is 6.07 Å². The second-order valence-corrected chi connectivity index (χ2v) is 26.8. The largest absolute Gasteiger partial charge is 0.207 e. The molecular formula is C64H92BrClFI. The van der Waals surface area contributed by atoms with Gasteiger partial charge in [0.05, 0.1) is 0 Å². The van der Waals surface area contributed by atoms with Crippen LogP contribution in [0.25, 0.3) is 0 Å². The summed E-state index contributed by atoms with van der Waals surface area (Å²) in [7, 11) is 0. The van der Waals surface area contributed by atoms with Crippen molar-refractivity contribution in [2.45, 2.75) is 186 Å². The molecule has 0 nitrogen and oxygen atoms in total. The quantitative estimate of drug-likeness (QED) is 0.154. The molecule has 4 aliphatic carbocycles. The number of hydrogen-bond acceptors (Lipinski definition) is 0. The zero-order valence-electron chi connectivity index (χ0n) is 45.3. The predicted molar refractivity (Wildman–Crippen MR) is 308 cm³/mol. The Bertz CT molecular complexity index is 1890. The van der Waals surface area contributed by atoms with Crippen LogP contribution >= 0.6 is 50.1 Å². The van der Waals surface area contributed by atoms with Gasteiger partial charge in [-0.2, -0.15) is 0 Å². The maximum atomic E-state index is 13.3. The topological polar surface area (TPSA) is 0 Å². The summed E-state index contributed by atoms with van der Waals surface area (Å²) in [6.07, 6.45) is 10.0. The highest BCUT2D eigenvalue weighted by molar-refractivity contribution is 14.1. The Labute approximate surface area is 444 Å². The van der Waals surface area contributed by atoms with E-state index in [0.29, 0.717) is 29.6 Å². The van der Waals surface area contributed by atoms with E-state index in [-0.39, 0.29) is 5.82 Å². The van der Waals surface area contributed by atoms with Crippen LogP contribution in [-0.4, -0.2) is 0 Å². The second kappa shape index (κ2) is 25.8. The van der Waals surface area contributed by atoms with E-state index in [9.17, 15) is 4.39 Å². The van der Waals surface area contributed by atoms with Gasteiger partial charge in [0.15, 0.2) is 0 Å². The molecule has 4 aliphatic rings. The molecule has 4 aromatic carbocycles. The molecule has 0 amide bonds. The lowest BCUT2D eigenvalue weighted by atomic mass is 9.66. The molecule has 8 unspecified atom stereocenters. The van der Waals surface area contributed by atoms with Gasteiger partial charge in [-0.3, -0.25) is 0 Å². The molecule has 4 heteroatoms. The van der Waals surface area contributed by atoms with Crippen LogP contribution in [-0.2, 0) is 25.7 Å². The molecular weight excluding hydrogens is 1030 g/mol. The maximum Gasteiger partial charge on any atom is 0.123 e. The third-order valence-electron chi connectivity index (χ3n) is 17.0. The summed E-state index contributed by atoms with van der Waals surface area (Å²) in [4.78, 5) is 0. The van der Waals surface area contributed by atoms with Gasteiger partial charge in [-0.05, 0) is 262 Å². The lowest BCUT2D eigenvalue weighted by Crippen LogP contribution is -2.28. The van der Waals surface area contributed by atoms with Gasteiger partial charge in [-0.25, -0.2) is 4.39 Å². The van der Waals surface area contributed by atoms with Crippen molar-refractivity contribution in [3.63, 3.8) is 0 Å². The van der Waals surface area contributed by atoms with Gasteiger partial charge in [-0.1, -0.05) is 163 Å². The molecule has 8 atom stereocenters. The van der Waals surface area contributed by atoms with E-state index in [1.54, 1.807) is 39.9 Å². The molecule has 0 radical (unpaired) electrons. The Morgan fingerprint density at radius 2 is 0.721 bits per heavy atom. The van der Waals surface area contributed by atoms with Gasteiger partial charge in [0, 0.05) is 13.1 Å². The molecule has 376 valence electrons. The molecule has 0 bridgehead atoms. The Morgan fingerprint density at radius 3 is 1.09 bits per heavy atom. The van der Waals surface area contributed by atoms with Crippen molar-refractivity contribution in [1.82, 2.24) is 0 Å². The van der Waals surface area contributed by atoms with E-state index < -0.39 is 0 Å². The average molecular weight is 1120 g/mol. The standard InChI is InChI=1S/C16H23Br.C16H23Cl.C16H23F.C16H23I/c4*1-10(2)14-7-5-12-9-13(17)6-8-15(12)16(14)11(3)4/h4*6,8-11,14,16H,5,7H2,1-4H3. The van der Waals surface area contributed by atoms with Crippen LogP contribution in [0.5, 0.6) is 0 Å². The number of rotatable bonds is 8. The highest BCUT2D eigenvalue weighted by Crippen LogP contribution is 2.48. The predicted octanol–water partition coefficient (Wildman–Crippen LogP) is 20.7. The van der Waals surface area contributed by atoms with Gasteiger partial charge in [0.2, 0.25) is 0 Å². The third-order valence-corrected chi connectivity index (χ3v) is 18.4.